The molecule has 1 heterocycles. The molecule has 0 atom stereocenters. The molecule has 1 aromatic heterocycles. The number of hydrogen-bond acceptors (Lipinski definition) is 3. The summed E-state index contributed by atoms with van der Waals surface area (Å²) < 4.78 is 7.24. The van der Waals surface area contributed by atoms with Gasteiger partial charge in [-0.2, -0.15) is 0 Å². The molecule has 27 heavy (non-hydrogen) atoms. The van der Waals surface area contributed by atoms with Gasteiger partial charge in [0.2, 0.25) is 5.91 Å². The van der Waals surface area contributed by atoms with E-state index in [1.807, 2.05) is 77.4 Å². The molecule has 0 unspecified atom stereocenters. The summed E-state index contributed by atoms with van der Waals surface area (Å²) in [5, 5.41) is 2.96. The van der Waals surface area contributed by atoms with Gasteiger partial charge in [-0.1, -0.05) is 48.5 Å². The van der Waals surface area contributed by atoms with Crippen LogP contribution >= 0.6 is 0 Å². The number of nitrogens with one attached hydrogen (secondary N) is 1. The van der Waals surface area contributed by atoms with Crippen molar-refractivity contribution in [3.05, 3.63) is 79.1 Å². The van der Waals surface area contributed by atoms with Crippen molar-refractivity contribution in [2.75, 3.05) is 12.4 Å². The highest BCUT2D eigenvalue weighted by atomic mass is 16.5. The van der Waals surface area contributed by atoms with Gasteiger partial charge in [0.25, 0.3) is 0 Å². The van der Waals surface area contributed by atoms with E-state index in [0.717, 1.165) is 22.2 Å². The number of aromatic nitrogens is 2. The average molecular weight is 357 g/mol. The Hall–Kier alpha value is -3.60. The summed E-state index contributed by atoms with van der Waals surface area (Å²) in [4.78, 5) is 16.9. The molecule has 0 fully saturated rings. The summed E-state index contributed by atoms with van der Waals surface area (Å²) >= 11 is 0. The lowest BCUT2D eigenvalue weighted by molar-refractivity contribution is -0.116. The Morgan fingerprint density at radius 2 is 1.78 bits per heavy atom. The van der Waals surface area contributed by atoms with Crippen LogP contribution in [0.5, 0.6) is 5.75 Å². The Morgan fingerprint density at radius 3 is 2.59 bits per heavy atom. The summed E-state index contributed by atoms with van der Waals surface area (Å²) in [5.41, 5.74) is 4.54. The van der Waals surface area contributed by atoms with Crippen LogP contribution in [0, 0.1) is 0 Å². The smallest absolute Gasteiger partial charge is 0.244 e. The summed E-state index contributed by atoms with van der Waals surface area (Å²) in [5.74, 6) is 0.486. The number of anilines is 1. The van der Waals surface area contributed by atoms with Gasteiger partial charge in [0.05, 0.1) is 30.2 Å². The topological polar surface area (TPSA) is 56.1 Å². The number of methoxy groups -OCH3 is 1. The Bertz CT molecular complexity index is 1090. The molecule has 1 N–H and O–H groups in total. The van der Waals surface area contributed by atoms with E-state index < -0.39 is 0 Å². The van der Waals surface area contributed by atoms with Gasteiger partial charge < -0.3 is 14.6 Å². The molecule has 0 saturated carbocycles. The molecule has 4 aromatic rings. The summed E-state index contributed by atoms with van der Waals surface area (Å²) in [6.07, 6.45) is 1.68. The Kier molecular flexibility index (Phi) is 4.58. The standard InChI is InChI=1S/C22H19N3O2/c1-27-21-12-11-17(16-7-3-2-4-8-16)13-19(21)24-22(26)14-25-15-23-18-9-5-6-10-20(18)25/h2-13,15H,14H2,1H3,(H,24,26). The summed E-state index contributed by atoms with van der Waals surface area (Å²) in [7, 11) is 1.59. The van der Waals surface area contributed by atoms with E-state index in [9.17, 15) is 4.79 Å². The molecule has 0 bridgehead atoms. The van der Waals surface area contributed by atoms with Crippen molar-refractivity contribution in [2.24, 2.45) is 0 Å². The minimum atomic E-state index is -0.137. The first-order chi connectivity index (χ1) is 13.2. The second-order valence-corrected chi connectivity index (χ2v) is 6.19. The van der Waals surface area contributed by atoms with E-state index in [2.05, 4.69) is 10.3 Å². The van der Waals surface area contributed by atoms with Crippen LogP contribution in [-0.4, -0.2) is 22.6 Å². The highest BCUT2D eigenvalue weighted by Gasteiger charge is 2.11. The lowest BCUT2D eigenvalue weighted by Crippen LogP contribution is -2.18. The van der Waals surface area contributed by atoms with Gasteiger partial charge in [0.1, 0.15) is 12.3 Å². The maximum Gasteiger partial charge on any atom is 0.244 e. The number of amides is 1. The molecule has 5 nitrogen and oxygen atoms in total. The minimum absolute atomic E-state index is 0.137. The molecule has 5 heteroatoms. The van der Waals surface area contributed by atoms with Crippen molar-refractivity contribution >= 4 is 22.6 Å². The van der Waals surface area contributed by atoms with Crippen LogP contribution < -0.4 is 10.1 Å². The van der Waals surface area contributed by atoms with Crippen LogP contribution in [0.3, 0.4) is 0 Å². The zero-order chi connectivity index (χ0) is 18.6. The molecule has 0 aliphatic carbocycles. The minimum Gasteiger partial charge on any atom is -0.495 e. The number of imidazole rings is 1. The summed E-state index contributed by atoms with van der Waals surface area (Å²) in [6, 6.07) is 23.5. The van der Waals surface area contributed by atoms with E-state index in [-0.39, 0.29) is 12.5 Å². The highest BCUT2D eigenvalue weighted by molar-refractivity contribution is 5.94. The number of para-hydroxylation sites is 2. The van der Waals surface area contributed by atoms with Gasteiger partial charge in [-0.25, -0.2) is 4.98 Å². The lowest BCUT2D eigenvalue weighted by Gasteiger charge is -2.13. The van der Waals surface area contributed by atoms with Gasteiger partial charge in [0.15, 0.2) is 0 Å². The number of benzene rings is 3. The van der Waals surface area contributed by atoms with Crippen LogP contribution in [0.2, 0.25) is 0 Å². The normalized spacial score (nSPS) is 10.7. The molecular formula is C22H19N3O2. The van der Waals surface area contributed by atoms with Crippen molar-refractivity contribution < 1.29 is 9.53 Å². The van der Waals surface area contributed by atoms with Crippen LogP contribution in [0.15, 0.2) is 79.1 Å². The first-order valence-electron chi connectivity index (χ1n) is 8.68. The molecule has 0 radical (unpaired) electrons. The SMILES string of the molecule is COc1ccc(-c2ccccc2)cc1NC(=O)Cn1cnc2ccccc21. The fraction of sp³-hybridized carbons (Fsp3) is 0.0909. The van der Waals surface area contributed by atoms with Crippen LogP contribution in [0.4, 0.5) is 5.69 Å². The molecule has 0 aliphatic rings. The number of hydrogen-bond donors (Lipinski definition) is 1. The predicted octanol–water partition coefficient (Wildman–Crippen LogP) is 4.35. The van der Waals surface area contributed by atoms with E-state index in [0.29, 0.717) is 11.4 Å². The molecule has 3 aromatic carbocycles. The number of carbonyl (C=O) groups excluding carboxylic acids is 1. The molecule has 134 valence electrons. The third-order valence-electron chi connectivity index (χ3n) is 4.42. The van der Waals surface area contributed by atoms with E-state index in [1.54, 1.807) is 13.4 Å². The van der Waals surface area contributed by atoms with Crippen LogP contribution in [0.1, 0.15) is 0 Å². The number of nitrogens with zero attached hydrogens (tertiary/aromatic N) is 2. The van der Waals surface area contributed by atoms with Crippen LogP contribution in [0.25, 0.3) is 22.2 Å². The number of ether oxygens (including phenoxy) is 1. The van der Waals surface area contributed by atoms with Gasteiger partial charge >= 0.3 is 0 Å². The van der Waals surface area contributed by atoms with E-state index in [1.165, 1.54) is 0 Å². The maximum absolute atomic E-state index is 12.6. The fourth-order valence-corrected chi connectivity index (χ4v) is 3.10. The Labute approximate surface area is 157 Å². The first kappa shape index (κ1) is 16.8. The largest absolute Gasteiger partial charge is 0.495 e. The molecule has 4 rings (SSSR count). The van der Waals surface area contributed by atoms with Crippen molar-refractivity contribution in [3.8, 4) is 16.9 Å². The zero-order valence-electron chi connectivity index (χ0n) is 14.9. The van der Waals surface area contributed by atoms with Gasteiger partial charge in [-0.3, -0.25) is 4.79 Å². The highest BCUT2D eigenvalue weighted by Crippen LogP contribution is 2.30. The van der Waals surface area contributed by atoms with Crippen molar-refractivity contribution in [1.82, 2.24) is 9.55 Å². The third kappa shape index (κ3) is 3.53. The van der Waals surface area contributed by atoms with Crippen molar-refractivity contribution in [2.45, 2.75) is 6.54 Å². The monoisotopic (exact) mass is 357 g/mol. The number of rotatable bonds is 5. The fourth-order valence-electron chi connectivity index (χ4n) is 3.10. The van der Waals surface area contributed by atoms with E-state index in [4.69, 9.17) is 4.74 Å². The second-order valence-electron chi connectivity index (χ2n) is 6.19. The van der Waals surface area contributed by atoms with Crippen molar-refractivity contribution in [1.29, 1.82) is 0 Å². The first-order valence-corrected chi connectivity index (χ1v) is 8.68. The van der Waals surface area contributed by atoms with Gasteiger partial charge in [-0.15, -0.1) is 0 Å². The molecule has 0 spiro atoms. The second kappa shape index (κ2) is 7.33. The zero-order valence-corrected chi connectivity index (χ0v) is 14.9. The molecule has 0 aliphatic heterocycles. The third-order valence-corrected chi connectivity index (χ3v) is 4.42. The van der Waals surface area contributed by atoms with Crippen LogP contribution in [-0.2, 0) is 11.3 Å². The molecule has 1 amide bonds. The lowest BCUT2D eigenvalue weighted by atomic mass is 10.0. The predicted molar refractivity (Wildman–Crippen MR) is 107 cm³/mol. The number of fused-ring (bicyclic) bond motifs is 1. The van der Waals surface area contributed by atoms with E-state index >= 15 is 0 Å². The molecular weight excluding hydrogens is 338 g/mol. The Balaban J connectivity index is 1.58. The maximum atomic E-state index is 12.6. The number of carbonyl (C=O) groups is 1. The van der Waals surface area contributed by atoms with Gasteiger partial charge in [-0.05, 0) is 35.4 Å². The quantitative estimate of drug-likeness (QED) is 0.578. The average Bonchev–Trinajstić information content (AvgIpc) is 3.11. The van der Waals surface area contributed by atoms with Gasteiger partial charge in [0, 0.05) is 0 Å². The molecule has 0 saturated heterocycles. The van der Waals surface area contributed by atoms with Crippen molar-refractivity contribution in [3.63, 3.8) is 0 Å². The Morgan fingerprint density at radius 1 is 1.00 bits per heavy atom. The summed E-state index contributed by atoms with van der Waals surface area (Å²) in [6.45, 7) is 0.180.